The van der Waals surface area contributed by atoms with Crippen LogP contribution in [-0.2, 0) is 16.1 Å². The summed E-state index contributed by atoms with van der Waals surface area (Å²) < 4.78 is 20.9. The zero-order valence-electron chi connectivity index (χ0n) is 17.8. The average Bonchev–Trinajstić information content (AvgIpc) is 3.48. The number of aromatic amines is 1. The largest absolute Gasteiger partial charge is 0.506 e. The minimum atomic E-state index is -0.894. The van der Waals surface area contributed by atoms with E-state index in [2.05, 4.69) is 10.3 Å². The van der Waals surface area contributed by atoms with E-state index in [1.165, 1.54) is 6.26 Å². The summed E-state index contributed by atoms with van der Waals surface area (Å²) in [5.74, 6) is -1.08. The monoisotopic (exact) mass is 454 g/mol. The first-order valence-electron chi connectivity index (χ1n) is 10.3. The number of esters is 1. The Morgan fingerprint density at radius 3 is 2.82 bits per heavy atom. The van der Waals surface area contributed by atoms with Gasteiger partial charge in [0.15, 0.2) is 11.5 Å². The summed E-state index contributed by atoms with van der Waals surface area (Å²) in [7, 11) is 0. The molecule has 1 aliphatic rings. The predicted octanol–water partition coefficient (Wildman–Crippen LogP) is 2.42. The summed E-state index contributed by atoms with van der Waals surface area (Å²) in [6.07, 6.45) is 2.39. The maximum atomic E-state index is 12.8. The van der Waals surface area contributed by atoms with E-state index in [9.17, 15) is 19.5 Å². The number of hydrogen-bond donors (Lipinski definition) is 3. The van der Waals surface area contributed by atoms with Crippen molar-refractivity contribution < 1.29 is 33.3 Å². The molecule has 1 aliphatic heterocycles. The van der Waals surface area contributed by atoms with Crippen molar-refractivity contribution >= 4 is 11.9 Å². The Balaban J connectivity index is 1.71. The van der Waals surface area contributed by atoms with Gasteiger partial charge in [-0.2, -0.15) is 0 Å². The fourth-order valence-electron chi connectivity index (χ4n) is 3.60. The van der Waals surface area contributed by atoms with Crippen molar-refractivity contribution in [1.82, 2.24) is 10.3 Å². The number of furan rings is 1. The first-order chi connectivity index (χ1) is 16.0. The lowest BCUT2D eigenvalue weighted by atomic mass is 9.87. The zero-order valence-corrected chi connectivity index (χ0v) is 17.8. The van der Waals surface area contributed by atoms with E-state index >= 15 is 0 Å². The van der Waals surface area contributed by atoms with Gasteiger partial charge in [-0.15, -0.1) is 0 Å². The van der Waals surface area contributed by atoms with Crippen molar-refractivity contribution in [2.75, 3.05) is 13.4 Å². The molecule has 1 atom stereocenters. The SMILES string of the molecule is CCOC(=O)c1c[nH]c(=O)c(C(CC(=O)NCc2ccco2)c2ccc3c(c2)OCO3)c1O. The third-order valence-electron chi connectivity index (χ3n) is 5.17. The van der Waals surface area contributed by atoms with E-state index in [4.69, 9.17) is 18.6 Å². The van der Waals surface area contributed by atoms with Crippen molar-refractivity contribution in [2.45, 2.75) is 25.8 Å². The fourth-order valence-corrected chi connectivity index (χ4v) is 3.60. The van der Waals surface area contributed by atoms with Crippen LogP contribution in [0.1, 0.15) is 46.5 Å². The summed E-state index contributed by atoms with van der Waals surface area (Å²) in [6.45, 7) is 1.93. The number of benzene rings is 1. The van der Waals surface area contributed by atoms with Gasteiger partial charge in [-0.3, -0.25) is 9.59 Å². The number of nitrogens with one attached hydrogen (secondary N) is 2. The van der Waals surface area contributed by atoms with Gasteiger partial charge < -0.3 is 34.0 Å². The first kappa shape index (κ1) is 22.0. The number of aromatic nitrogens is 1. The molecule has 10 heteroatoms. The van der Waals surface area contributed by atoms with Crippen LogP contribution in [0.4, 0.5) is 0 Å². The van der Waals surface area contributed by atoms with Crippen molar-refractivity contribution in [3.8, 4) is 17.2 Å². The second kappa shape index (κ2) is 9.51. The van der Waals surface area contributed by atoms with Gasteiger partial charge in [0.25, 0.3) is 5.56 Å². The van der Waals surface area contributed by atoms with Crippen LogP contribution in [0.5, 0.6) is 17.2 Å². The molecule has 2 aromatic heterocycles. The van der Waals surface area contributed by atoms with Crippen LogP contribution >= 0.6 is 0 Å². The molecule has 0 fully saturated rings. The number of pyridine rings is 1. The summed E-state index contributed by atoms with van der Waals surface area (Å²) in [5, 5.41) is 13.6. The van der Waals surface area contributed by atoms with E-state index in [-0.39, 0.29) is 37.5 Å². The molecule has 172 valence electrons. The molecule has 1 amide bonds. The van der Waals surface area contributed by atoms with Crippen LogP contribution < -0.4 is 20.3 Å². The van der Waals surface area contributed by atoms with Gasteiger partial charge in [0.2, 0.25) is 12.7 Å². The second-order valence-corrected chi connectivity index (χ2v) is 7.24. The number of ether oxygens (including phenoxy) is 3. The Hall–Kier alpha value is -4.21. The smallest absolute Gasteiger partial charge is 0.343 e. The normalized spacial score (nSPS) is 12.9. The average molecular weight is 454 g/mol. The summed E-state index contributed by atoms with van der Waals surface area (Å²) in [5.41, 5.74) is -0.447. The molecule has 3 aromatic rings. The Morgan fingerprint density at radius 2 is 2.06 bits per heavy atom. The van der Waals surface area contributed by atoms with Crippen LogP contribution in [0, 0.1) is 0 Å². The van der Waals surface area contributed by atoms with Gasteiger partial charge in [0, 0.05) is 18.5 Å². The molecule has 4 rings (SSSR count). The molecule has 10 nitrogen and oxygen atoms in total. The number of carbonyl (C=O) groups is 2. The molecule has 0 saturated heterocycles. The summed E-state index contributed by atoms with van der Waals surface area (Å²) >= 11 is 0. The Morgan fingerprint density at radius 1 is 1.24 bits per heavy atom. The third-order valence-corrected chi connectivity index (χ3v) is 5.17. The van der Waals surface area contributed by atoms with Crippen molar-refractivity contribution in [2.24, 2.45) is 0 Å². The molecule has 0 radical (unpaired) electrons. The molecule has 3 N–H and O–H groups in total. The number of fused-ring (bicyclic) bond motifs is 1. The van der Waals surface area contributed by atoms with Crippen molar-refractivity contribution in [1.29, 1.82) is 0 Å². The van der Waals surface area contributed by atoms with Crippen LogP contribution in [0.15, 0.2) is 52.0 Å². The second-order valence-electron chi connectivity index (χ2n) is 7.24. The molecular formula is C23H22N2O8. The minimum absolute atomic E-state index is 0.0528. The van der Waals surface area contributed by atoms with Gasteiger partial charge >= 0.3 is 5.97 Å². The quantitative estimate of drug-likeness (QED) is 0.441. The van der Waals surface area contributed by atoms with E-state index in [1.54, 1.807) is 37.3 Å². The van der Waals surface area contributed by atoms with E-state index < -0.39 is 29.1 Å². The van der Waals surface area contributed by atoms with Gasteiger partial charge in [0.1, 0.15) is 17.1 Å². The summed E-state index contributed by atoms with van der Waals surface area (Å²) in [4.78, 5) is 40.3. The predicted molar refractivity (Wildman–Crippen MR) is 114 cm³/mol. The maximum absolute atomic E-state index is 12.8. The van der Waals surface area contributed by atoms with Crippen molar-refractivity contribution in [3.05, 3.63) is 75.6 Å². The minimum Gasteiger partial charge on any atom is -0.506 e. The molecule has 33 heavy (non-hydrogen) atoms. The van der Waals surface area contributed by atoms with Gasteiger partial charge in [-0.1, -0.05) is 6.07 Å². The van der Waals surface area contributed by atoms with Gasteiger partial charge in [0.05, 0.1) is 25.0 Å². The third kappa shape index (κ3) is 4.69. The van der Waals surface area contributed by atoms with Gasteiger partial charge in [-0.25, -0.2) is 4.79 Å². The lowest BCUT2D eigenvalue weighted by Gasteiger charge is -2.19. The van der Waals surface area contributed by atoms with Crippen LogP contribution in [0.25, 0.3) is 0 Å². The lowest BCUT2D eigenvalue weighted by Crippen LogP contribution is -2.27. The molecule has 0 spiro atoms. The fraction of sp³-hybridized carbons (Fsp3) is 0.261. The number of aromatic hydroxyl groups is 1. The molecule has 0 saturated carbocycles. The van der Waals surface area contributed by atoms with Crippen molar-refractivity contribution in [3.63, 3.8) is 0 Å². The number of hydrogen-bond acceptors (Lipinski definition) is 8. The molecule has 1 unspecified atom stereocenters. The van der Waals surface area contributed by atoms with Gasteiger partial charge in [-0.05, 0) is 36.8 Å². The standard InChI is InChI=1S/C23H22N2O8/c1-2-30-23(29)16-11-25-22(28)20(21(16)27)15(9-19(26)24-10-14-4-3-7-31-14)13-5-6-17-18(8-13)33-12-32-17/h3-8,11,15H,2,9-10,12H2,1H3,(H,24,26)(H2,25,27,28). The highest BCUT2D eigenvalue weighted by molar-refractivity contribution is 5.92. The first-order valence-corrected chi connectivity index (χ1v) is 10.3. The molecule has 3 heterocycles. The number of rotatable bonds is 8. The molecule has 0 aliphatic carbocycles. The van der Waals surface area contributed by atoms with Crippen LogP contribution in [-0.4, -0.2) is 35.4 Å². The van der Waals surface area contributed by atoms with Crippen LogP contribution in [0.2, 0.25) is 0 Å². The van der Waals surface area contributed by atoms with E-state index in [1.807, 2.05) is 0 Å². The molecule has 1 aromatic carbocycles. The number of amides is 1. The Bertz CT molecular complexity index is 1220. The van der Waals surface area contributed by atoms with E-state index in [0.29, 0.717) is 22.8 Å². The lowest BCUT2D eigenvalue weighted by molar-refractivity contribution is -0.121. The van der Waals surface area contributed by atoms with E-state index in [0.717, 1.165) is 6.20 Å². The Labute approximate surface area is 188 Å². The topological polar surface area (TPSA) is 140 Å². The van der Waals surface area contributed by atoms with Crippen LogP contribution in [0.3, 0.4) is 0 Å². The highest BCUT2D eigenvalue weighted by Gasteiger charge is 2.29. The maximum Gasteiger partial charge on any atom is 0.343 e. The Kier molecular flexibility index (Phi) is 6.34. The number of carbonyl (C=O) groups excluding carboxylic acids is 2. The number of H-pyrrole nitrogens is 1. The highest BCUT2D eigenvalue weighted by atomic mass is 16.7. The molecule has 0 bridgehead atoms. The zero-order chi connectivity index (χ0) is 23.4. The summed E-state index contributed by atoms with van der Waals surface area (Å²) in [6, 6.07) is 8.40. The molecular weight excluding hydrogens is 432 g/mol. The highest BCUT2D eigenvalue weighted by Crippen LogP contribution is 2.39.